The first-order valence-corrected chi connectivity index (χ1v) is 7.57. The van der Waals surface area contributed by atoms with Gasteiger partial charge < -0.3 is 15.4 Å². The lowest BCUT2D eigenvalue weighted by Gasteiger charge is -2.10. The fourth-order valence-corrected chi connectivity index (χ4v) is 2.13. The minimum absolute atomic E-state index is 0.0800. The molecule has 0 saturated heterocycles. The molecule has 2 amide bonds. The van der Waals surface area contributed by atoms with E-state index in [1.807, 2.05) is 0 Å². The maximum Gasteiger partial charge on any atom is 0.319 e. The summed E-state index contributed by atoms with van der Waals surface area (Å²) in [6.45, 7) is 1.86. The number of anilines is 1. The maximum atomic E-state index is 12.9. The average Bonchev–Trinajstić information content (AvgIpc) is 2.53. The highest BCUT2D eigenvalue weighted by molar-refractivity contribution is 6.32. The number of ketones is 1. The summed E-state index contributed by atoms with van der Waals surface area (Å²) in [5, 5.41) is 5.39. The summed E-state index contributed by atoms with van der Waals surface area (Å²) in [4.78, 5) is 23.1. The van der Waals surface area contributed by atoms with E-state index < -0.39 is 11.8 Å². The second-order valence-corrected chi connectivity index (χ2v) is 5.35. The Morgan fingerprint density at radius 3 is 2.71 bits per heavy atom. The lowest BCUT2D eigenvalue weighted by atomic mass is 10.1. The van der Waals surface area contributed by atoms with Crippen LogP contribution in [0.1, 0.15) is 17.3 Å². The summed E-state index contributed by atoms with van der Waals surface area (Å²) >= 11 is 5.83. The molecule has 0 saturated carbocycles. The van der Waals surface area contributed by atoms with Gasteiger partial charge in [0.25, 0.3) is 0 Å². The maximum absolute atomic E-state index is 12.9. The molecular weight excluding hydrogens is 335 g/mol. The average molecular weight is 351 g/mol. The summed E-state index contributed by atoms with van der Waals surface area (Å²) < 4.78 is 18.3. The number of benzene rings is 2. The van der Waals surface area contributed by atoms with Gasteiger partial charge in [-0.15, -0.1) is 0 Å². The molecule has 0 radical (unpaired) electrons. The van der Waals surface area contributed by atoms with E-state index in [4.69, 9.17) is 16.3 Å². The first-order valence-electron chi connectivity index (χ1n) is 7.19. The Hall–Kier alpha value is -2.60. The molecule has 126 valence electrons. The van der Waals surface area contributed by atoms with Gasteiger partial charge in [-0.1, -0.05) is 23.7 Å². The predicted octanol–water partition coefficient (Wildman–Crippen LogP) is 3.88. The molecular formula is C17H16ClFN2O3. The molecule has 0 aromatic heterocycles. The van der Waals surface area contributed by atoms with Crippen molar-refractivity contribution in [2.75, 3.05) is 18.5 Å². The normalized spacial score (nSPS) is 10.1. The van der Waals surface area contributed by atoms with E-state index in [0.29, 0.717) is 17.0 Å². The largest absolute Gasteiger partial charge is 0.490 e. The molecule has 0 heterocycles. The third-order valence-electron chi connectivity index (χ3n) is 3.07. The van der Waals surface area contributed by atoms with Crippen LogP contribution in [0.4, 0.5) is 14.9 Å². The van der Waals surface area contributed by atoms with Gasteiger partial charge in [0.15, 0.2) is 5.78 Å². The Kier molecular flexibility index (Phi) is 6.14. The summed E-state index contributed by atoms with van der Waals surface area (Å²) in [6, 6.07) is 10.0. The topological polar surface area (TPSA) is 67.4 Å². The lowest BCUT2D eigenvalue weighted by molar-refractivity contribution is 0.101. The third-order valence-corrected chi connectivity index (χ3v) is 3.36. The quantitative estimate of drug-likeness (QED) is 0.613. The van der Waals surface area contributed by atoms with Crippen LogP contribution in [0.3, 0.4) is 0 Å². The molecule has 7 heteroatoms. The van der Waals surface area contributed by atoms with Crippen molar-refractivity contribution in [1.82, 2.24) is 5.32 Å². The second kappa shape index (κ2) is 8.31. The van der Waals surface area contributed by atoms with Gasteiger partial charge in [-0.25, -0.2) is 9.18 Å². The van der Waals surface area contributed by atoms with Gasteiger partial charge in [-0.2, -0.15) is 0 Å². The summed E-state index contributed by atoms with van der Waals surface area (Å²) in [5.41, 5.74) is 1.03. The van der Waals surface area contributed by atoms with Crippen LogP contribution in [0, 0.1) is 5.82 Å². The Labute approximate surface area is 143 Å². The molecule has 0 bridgehead atoms. The van der Waals surface area contributed by atoms with Crippen molar-refractivity contribution in [2.24, 2.45) is 0 Å². The predicted molar refractivity (Wildman–Crippen MR) is 90.4 cm³/mol. The fraction of sp³-hybridized carbons (Fsp3) is 0.176. The molecule has 0 atom stereocenters. The number of ether oxygens (including phenoxy) is 1. The molecule has 0 spiro atoms. The number of hydrogen-bond donors (Lipinski definition) is 2. The van der Waals surface area contributed by atoms with Crippen molar-refractivity contribution in [2.45, 2.75) is 6.92 Å². The zero-order chi connectivity index (χ0) is 17.5. The highest BCUT2D eigenvalue weighted by Crippen LogP contribution is 2.24. The monoisotopic (exact) mass is 350 g/mol. The van der Waals surface area contributed by atoms with Crippen LogP contribution in [-0.2, 0) is 0 Å². The fourth-order valence-electron chi connectivity index (χ4n) is 1.91. The third kappa shape index (κ3) is 5.24. The number of rotatable bonds is 6. The lowest BCUT2D eigenvalue weighted by Crippen LogP contribution is -2.32. The van der Waals surface area contributed by atoms with Crippen LogP contribution >= 0.6 is 11.6 Å². The smallest absolute Gasteiger partial charge is 0.319 e. The number of hydrogen-bond acceptors (Lipinski definition) is 3. The highest BCUT2D eigenvalue weighted by atomic mass is 35.5. The molecule has 0 fully saturated rings. The molecule has 2 aromatic carbocycles. The molecule has 5 nitrogen and oxygen atoms in total. The van der Waals surface area contributed by atoms with Gasteiger partial charge in [-0.3, -0.25) is 4.79 Å². The minimum atomic E-state index is -0.447. The van der Waals surface area contributed by atoms with Gasteiger partial charge in [-0.05, 0) is 37.3 Å². The standard InChI is InChI=1S/C17H16ClFN2O3/c1-11(22)12-3-2-4-14(9-12)21-17(23)20-7-8-24-16-6-5-13(19)10-15(16)18/h2-6,9-10H,7-8H2,1H3,(H2,20,21,23). The number of carbonyl (C=O) groups excluding carboxylic acids is 2. The molecule has 2 N–H and O–H groups in total. The summed E-state index contributed by atoms with van der Waals surface area (Å²) in [6.07, 6.45) is 0. The number of amides is 2. The zero-order valence-electron chi connectivity index (χ0n) is 12.9. The zero-order valence-corrected chi connectivity index (χ0v) is 13.7. The first-order chi connectivity index (χ1) is 11.5. The van der Waals surface area contributed by atoms with Gasteiger partial charge in [0.05, 0.1) is 11.6 Å². The van der Waals surface area contributed by atoms with Gasteiger partial charge in [0, 0.05) is 11.3 Å². The van der Waals surface area contributed by atoms with Crippen LogP contribution in [0.5, 0.6) is 5.75 Å². The molecule has 0 aliphatic heterocycles. The van der Waals surface area contributed by atoms with E-state index >= 15 is 0 Å². The molecule has 0 unspecified atom stereocenters. The Morgan fingerprint density at radius 1 is 1.21 bits per heavy atom. The summed E-state index contributed by atoms with van der Waals surface area (Å²) in [5.74, 6) is -0.185. The number of halogens is 2. The van der Waals surface area contributed by atoms with Crippen LogP contribution < -0.4 is 15.4 Å². The number of carbonyl (C=O) groups is 2. The van der Waals surface area contributed by atoms with Gasteiger partial charge in [0.2, 0.25) is 0 Å². The van der Waals surface area contributed by atoms with E-state index in [1.165, 1.54) is 19.1 Å². The van der Waals surface area contributed by atoms with Crippen molar-refractivity contribution in [1.29, 1.82) is 0 Å². The minimum Gasteiger partial charge on any atom is -0.490 e. The molecule has 2 rings (SSSR count). The SMILES string of the molecule is CC(=O)c1cccc(NC(=O)NCCOc2ccc(F)cc2Cl)c1. The Bertz CT molecular complexity index is 752. The van der Waals surface area contributed by atoms with Crippen LogP contribution in [-0.4, -0.2) is 25.0 Å². The van der Waals surface area contributed by atoms with E-state index in [2.05, 4.69) is 10.6 Å². The number of nitrogens with one attached hydrogen (secondary N) is 2. The molecule has 2 aromatic rings. The first kappa shape index (κ1) is 17.7. The van der Waals surface area contributed by atoms with Crippen molar-refractivity contribution < 1.29 is 18.7 Å². The molecule has 0 aliphatic rings. The van der Waals surface area contributed by atoms with Gasteiger partial charge in [0.1, 0.15) is 18.2 Å². The van der Waals surface area contributed by atoms with E-state index in [0.717, 1.165) is 6.07 Å². The van der Waals surface area contributed by atoms with Crippen molar-refractivity contribution in [3.8, 4) is 5.75 Å². The van der Waals surface area contributed by atoms with Crippen LogP contribution in [0.2, 0.25) is 5.02 Å². The number of urea groups is 1. The van der Waals surface area contributed by atoms with Crippen molar-refractivity contribution in [3.05, 3.63) is 58.9 Å². The second-order valence-electron chi connectivity index (χ2n) is 4.94. The van der Waals surface area contributed by atoms with E-state index in [-0.39, 0.29) is 24.0 Å². The highest BCUT2D eigenvalue weighted by Gasteiger charge is 2.05. The molecule has 24 heavy (non-hydrogen) atoms. The van der Waals surface area contributed by atoms with Crippen molar-refractivity contribution in [3.63, 3.8) is 0 Å². The number of Topliss-reactive ketones (excluding diaryl/α,β-unsaturated/α-hetero) is 1. The molecule has 0 aliphatic carbocycles. The van der Waals surface area contributed by atoms with Crippen LogP contribution in [0.25, 0.3) is 0 Å². The van der Waals surface area contributed by atoms with E-state index in [1.54, 1.807) is 24.3 Å². The van der Waals surface area contributed by atoms with Crippen molar-refractivity contribution >= 4 is 29.1 Å². The van der Waals surface area contributed by atoms with E-state index in [9.17, 15) is 14.0 Å². The Balaban J connectivity index is 1.77. The Morgan fingerprint density at radius 2 is 2.00 bits per heavy atom. The summed E-state index contributed by atoms with van der Waals surface area (Å²) in [7, 11) is 0. The van der Waals surface area contributed by atoms with Gasteiger partial charge >= 0.3 is 6.03 Å². The van der Waals surface area contributed by atoms with Crippen LogP contribution in [0.15, 0.2) is 42.5 Å².